The van der Waals surface area contributed by atoms with Gasteiger partial charge >= 0.3 is 0 Å². The monoisotopic (exact) mass is 276 g/mol. The lowest BCUT2D eigenvalue weighted by molar-refractivity contribution is 0.865. The Labute approximate surface area is 125 Å². The quantitative estimate of drug-likeness (QED) is 0.727. The van der Waals surface area contributed by atoms with Crippen molar-refractivity contribution in [3.05, 3.63) is 71.9 Å². The van der Waals surface area contributed by atoms with Crippen molar-refractivity contribution in [1.82, 2.24) is 4.98 Å². The molecular formula is C19H20N2. The van der Waals surface area contributed by atoms with Crippen LogP contribution in [0.1, 0.15) is 30.9 Å². The number of nitrogens with one attached hydrogen (secondary N) is 1. The Kier molecular flexibility index (Phi) is 3.87. The summed E-state index contributed by atoms with van der Waals surface area (Å²) in [5.41, 5.74) is 4.78. The molecule has 1 N–H and O–H groups in total. The molecule has 0 aliphatic heterocycles. The molecule has 0 aliphatic carbocycles. The molecule has 0 unspecified atom stereocenters. The van der Waals surface area contributed by atoms with Crippen molar-refractivity contribution in [2.75, 3.05) is 5.32 Å². The Bertz CT molecular complexity index is 725. The van der Waals surface area contributed by atoms with Gasteiger partial charge in [-0.1, -0.05) is 56.3 Å². The van der Waals surface area contributed by atoms with Gasteiger partial charge in [-0.2, -0.15) is 0 Å². The van der Waals surface area contributed by atoms with Gasteiger partial charge in [-0.15, -0.1) is 0 Å². The highest BCUT2D eigenvalue weighted by molar-refractivity contribution is 5.90. The van der Waals surface area contributed by atoms with Gasteiger partial charge < -0.3 is 5.32 Å². The van der Waals surface area contributed by atoms with Crippen molar-refractivity contribution in [3.63, 3.8) is 0 Å². The summed E-state index contributed by atoms with van der Waals surface area (Å²) in [7, 11) is 0. The number of anilines is 1. The molecule has 1 aromatic heterocycles. The van der Waals surface area contributed by atoms with Gasteiger partial charge in [-0.05, 0) is 29.2 Å². The van der Waals surface area contributed by atoms with Crippen molar-refractivity contribution in [3.8, 4) is 0 Å². The van der Waals surface area contributed by atoms with Gasteiger partial charge in [0.2, 0.25) is 0 Å². The molecule has 2 nitrogen and oxygen atoms in total. The van der Waals surface area contributed by atoms with Crippen LogP contribution in [0, 0.1) is 0 Å². The van der Waals surface area contributed by atoms with E-state index in [1.807, 2.05) is 12.3 Å². The summed E-state index contributed by atoms with van der Waals surface area (Å²) in [6, 6.07) is 19.1. The summed E-state index contributed by atoms with van der Waals surface area (Å²) in [5, 5.41) is 4.65. The Balaban J connectivity index is 1.77. The fourth-order valence-corrected chi connectivity index (χ4v) is 2.46. The van der Waals surface area contributed by atoms with Crippen LogP contribution in [-0.4, -0.2) is 4.98 Å². The lowest BCUT2D eigenvalue weighted by Crippen LogP contribution is -2.01. The number of benzene rings is 2. The van der Waals surface area contributed by atoms with Gasteiger partial charge in [0.05, 0.1) is 11.2 Å². The average Bonchev–Trinajstić information content (AvgIpc) is 2.53. The highest BCUT2D eigenvalue weighted by atomic mass is 14.9. The second-order valence-corrected chi connectivity index (χ2v) is 5.63. The molecule has 0 atom stereocenters. The maximum Gasteiger partial charge on any atom is 0.0933 e. The zero-order valence-corrected chi connectivity index (χ0v) is 12.5. The topological polar surface area (TPSA) is 24.9 Å². The number of rotatable bonds is 4. The number of nitrogens with zero attached hydrogens (tertiary/aromatic N) is 1. The van der Waals surface area contributed by atoms with Gasteiger partial charge in [0, 0.05) is 18.1 Å². The maximum atomic E-state index is 4.47. The molecule has 0 saturated carbocycles. The molecule has 21 heavy (non-hydrogen) atoms. The fourth-order valence-electron chi connectivity index (χ4n) is 2.46. The minimum atomic E-state index is 0.578. The Morgan fingerprint density at radius 2 is 1.71 bits per heavy atom. The summed E-state index contributed by atoms with van der Waals surface area (Å²) in [5.74, 6) is 0.578. The maximum absolute atomic E-state index is 4.47. The Morgan fingerprint density at radius 3 is 2.48 bits per heavy atom. The number of pyridine rings is 1. The van der Waals surface area contributed by atoms with Gasteiger partial charge in [0.1, 0.15) is 0 Å². The Morgan fingerprint density at radius 1 is 0.952 bits per heavy atom. The molecular weight excluding hydrogens is 256 g/mol. The zero-order chi connectivity index (χ0) is 14.7. The lowest BCUT2D eigenvalue weighted by Gasteiger charge is -2.10. The van der Waals surface area contributed by atoms with Crippen molar-refractivity contribution in [1.29, 1.82) is 0 Å². The van der Waals surface area contributed by atoms with Crippen LogP contribution in [0.25, 0.3) is 10.9 Å². The summed E-state index contributed by atoms with van der Waals surface area (Å²) in [6.45, 7) is 5.25. The average molecular weight is 276 g/mol. The van der Waals surface area contributed by atoms with E-state index in [-0.39, 0.29) is 0 Å². The first-order chi connectivity index (χ1) is 10.2. The van der Waals surface area contributed by atoms with E-state index in [2.05, 4.69) is 72.7 Å². The molecule has 2 aromatic carbocycles. The van der Waals surface area contributed by atoms with Crippen LogP contribution in [0.3, 0.4) is 0 Å². The van der Waals surface area contributed by atoms with Crippen molar-refractivity contribution in [2.24, 2.45) is 0 Å². The lowest BCUT2D eigenvalue weighted by atomic mass is 10.0. The third-order valence-electron chi connectivity index (χ3n) is 3.76. The predicted molar refractivity (Wildman–Crippen MR) is 89.6 cm³/mol. The van der Waals surface area contributed by atoms with Gasteiger partial charge in [0.15, 0.2) is 0 Å². The van der Waals surface area contributed by atoms with Crippen LogP contribution in [-0.2, 0) is 6.54 Å². The first kappa shape index (κ1) is 13.6. The van der Waals surface area contributed by atoms with Crippen LogP contribution < -0.4 is 5.32 Å². The van der Waals surface area contributed by atoms with Crippen LogP contribution in [0.5, 0.6) is 0 Å². The van der Waals surface area contributed by atoms with Crippen LogP contribution >= 0.6 is 0 Å². The van der Waals surface area contributed by atoms with E-state index in [1.165, 1.54) is 11.1 Å². The third kappa shape index (κ3) is 3.05. The van der Waals surface area contributed by atoms with E-state index in [1.54, 1.807) is 0 Å². The summed E-state index contributed by atoms with van der Waals surface area (Å²) < 4.78 is 0. The molecule has 3 rings (SSSR count). The molecule has 106 valence electrons. The number of para-hydroxylation sites is 1. The predicted octanol–water partition coefficient (Wildman–Crippen LogP) is 4.97. The SMILES string of the molecule is CC(C)c1ccc(CNc2cccc3cccnc23)cc1. The van der Waals surface area contributed by atoms with E-state index in [0.29, 0.717) is 5.92 Å². The molecule has 0 amide bonds. The van der Waals surface area contributed by atoms with Gasteiger partial charge in [-0.25, -0.2) is 0 Å². The summed E-state index contributed by atoms with van der Waals surface area (Å²) in [6.07, 6.45) is 1.84. The standard InChI is InChI=1S/C19H20N2/c1-14(2)16-10-8-15(9-11-16)13-21-18-7-3-5-17-6-4-12-20-19(17)18/h3-12,14,21H,13H2,1-2H3. The minimum absolute atomic E-state index is 0.578. The van der Waals surface area contributed by atoms with Gasteiger partial charge in [0.25, 0.3) is 0 Å². The van der Waals surface area contributed by atoms with Crippen molar-refractivity contribution >= 4 is 16.6 Å². The fraction of sp³-hybridized carbons (Fsp3) is 0.211. The normalized spacial score (nSPS) is 11.0. The number of hydrogen-bond donors (Lipinski definition) is 1. The highest BCUT2D eigenvalue weighted by Crippen LogP contribution is 2.21. The van der Waals surface area contributed by atoms with Gasteiger partial charge in [-0.3, -0.25) is 4.98 Å². The van der Waals surface area contributed by atoms with Crippen molar-refractivity contribution < 1.29 is 0 Å². The van der Waals surface area contributed by atoms with Crippen LogP contribution in [0.15, 0.2) is 60.8 Å². The summed E-state index contributed by atoms with van der Waals surface area (Å²) >= 11 is 0. The van der Waals surface area contributed by atoms with E-state index in [0.717, 1.165) is 23.1 Å². The first-order valence-electron chi connectivity index (χ1n) is 7.40. The third-order valence-corrected chi connectivity index (χ3v) is 3.76. The highest BCUT2D eigenvalue weighted by Gasteiger charge is 2.02. The largest absolute Gasteiger partial charge is 0.379 e. The minimum Gasteiger partial charge on any atom is -0.379 e. The first-order valence-corrected chi connectivity index (χ1v) is 7.40. The molecule has 0 bridgehead atoms. The molecule has 0 aliphatic rings. The summed E-state index contributed by atoms with van der Waals surface area (Å²) in [4.78, 5) is 4.47. The molecule has 0 radical (unpaired) electrons. The van der Waals surface area contributed by atoms with Crippen molar-refractivity contribution in [2.45, 2.75) is 26.3 Å². The molecule has 2 heteroatoms. The molecule has 3 aromatic rings. The second kappa shape index (κ2) is 5.96. The molecule has 0 fully saturated rings. The number of aromatic nitrogens is 1. The number of fused-ring (bicyclic) bond motifs is 1. The van der Waals surface area contributed by atoms with E-state index in [9.17, 15) is 0 Å². The second-order valence-electron chi connectivity index (χ2n) is 5.63. The molecule has 0 spiro atoms. The smallest absolute Gasteiger partial charge is 0.0933 e. The zero-order valence-electron chi connectivity index (χ0n) is 12.5. The van der Waals surface area contributed by atoms with E-state index < -0.39 is 0 Å². The molecule has 0 saturated heterocycles. The number of hydrogen-bond acceptors (Lipinski definition) is 2. The van der Waals surface area contributed by atoms with Crippen LogP contribution in [0.4, 0.5) is 5.69 Å². The molecule has 1 heterocycles. The Hall–Kier alpha value is -2.35. The van der Waals surface area contributed by atoms with Crippen LogP contribution in [0.2, 0.25) is 0 Å². The van der Waals surface area contributed by atoms with E-state index >= 15 is 0 Å². The van der Waals surface area contributed by atoms with E-state index in [4.69, 9.17) is 0 Å².